The summed E-state index contributed by atoms with van der Waals surface area (Å²) >= 11 is 0. The Morgan fingerprint density at radius 2 is 2.04 bits per heavy atom. The van der Waals surface area contributed by atoms with Gasteiger partial charge in [0.25, 0.3) is 0 Å². The molecule has 1 aliphatic heterocycles. The van der Waals surface area contributed by atoms with Crippen LogP contribution >= 0.6 is 0 Å². The van der Waals surface area contributed by atoms with E-state index >= 15 is 0 Å². The van der Waals surface area contributed by atoms with E-state index in [-0.39, 0.29) is 11.7 Å². The second-order valence-corrected chi connectivity index (χ2v) is 7.52. The van der Waals surface area contributed by atoms with Gasteiger partial charge >= 0.3 is 0 Å². The van der Waals surface area contributed by atoms with Gasteiger partial charge in [-0.3, -0.25) is 0 Å². The topological polar surface area (TPSA) is 73.0 Å². The summed E-state index contributed by atoms with van der Waals surface area (Å²) < 4.78 is 11.5. The number of fused-ring (bicyclic) bond motifs is 1. The second kappa shape index (κ2) is 7.01. The van der Waals surface area contributed by atoms with E-state index in [0.29, 0.717) is 23.3 Å². The van der Waals surface area contributed by atoms with Crippen LogP contribution in [0.3, 0.4) is 0 Å². The third-order valence-corrected chi connectivity index (χ3v) is 5.26. The molecule has 0 N–H and O–H groups in total. The minimum atomic E-state index is -0.348. The van der Waals surface area contributed by atoms with Crippen molar-refractivity contribution in [2.24, 2.45) is 0 Å². The smallest absolute Gasteiger partial charge is 0.243 e. The zero-order chi connectivity index (χ0) is 19.7. The van der Waals surface area contributed by atoms with E-state index in [1.807, 2.05) is 18.2 Å². The van der Waals surface area contributed by atoms with Crippen LogP contribution in [0.1, 0.15) is 44.7 Å². The zero-order valence-electron chi connectivity index (χ0n) is 16.2. The third-order valence-electron chi connectivity index (χ3n) is 5.26. The second-order valence-electron chi connectivity index (χ2n) is 7.52. The van der Waals surface area contributed by atoms with E-state index < -0.39 is 0 Å². The number of benzene rings is 2. The van der Waals surface area contributed by atoms with Crippen LogP contribution in [0.25, 0.3) is 16.7 Å². The predicted octanol–water partition coefficient (Wildman–Crippen LogP) is 4.62. The minimum Gasteiger partial charge on any atom is -0.462 e. The molecule has 4 rings (SSSR count). The first-order valence-electron chi connectivity index (χ1n) is 9.39. The van der Waals surface area contributed by atoms with Crippen LogP contribution in [-0.4, -0.2) is 21.3 Å². The lowest BCUT2D eigenvalue weighted by Gasteiger charge is -2.25. The molecule has 142 valence electrons. The van der Waals surface area contributed by atoms with Crippen LogP contribution in [0.4, 0.5) is 0 Å². The lowest BCUT2D eigenvalue weighted by molar-refractivity contribution is -0.0109. The molecule has 2 aromatic carbocycles. The van der Waals surface area contributed by atoms with E-state index in [1.165, 1.54) is 5.56 Å². The first kappa shape index (κ1) is 18.1. The highest BCUT2D eigenvalue weighted by Crippen LogP contribution is 2.33. The number of nitrogens with zero attached hydrogens (tertiary/aromatic N) is 4. The third kappa shape index (κ3) is 3.31. The highest BCUT2D eigenvalue weighted by Gasteiger charge is 2.23. The molecular formula is C22H22N4O2. The van der Waals surface area contributed by atoms with Gasteiger partial charge in [-0.25, -0.2) is 0 Å². The fourth-order valence-electron chi connectivity index (χ4n) is 3.07. The van der Waals surface area contributed by atoms with E-state index in [9.17, 15) is 0 Å². The summed E-state index contributed by atoms with van der Waals surface area (Å²) in [5, 5.41) is 18.3. The van der Waals surface area contributed by atoms with Crippen molar-refractivity contribution in [2.75, 3.05) is 0 Å². The average Bonchev–Trinajstić information content (AvgIpc) is 3.36. The highest BCUT2D eigenvalue weighted by molar-refractivity contribution is 5.75. The van der Waals surface area contributed by atoms with Crippen LogP contribution < -0.4 is 4.74 Å². The lowest BCUT2D eigenvalue weighted by atomic mass is 9.82. The van der Waals surface area contributed by atoms with Gasteiger partial charge < -0.3 is 9.47 Å². The Morgan fingerprint density at radius 3 is 2.75 bits per heavy atom. The maximum atomic E-state index is 9.13. The normalized spacial score (nSPS) is 16.1. The van der Waals surface area contributed by atoms with Crippen LogP contribution in [0.15, 0.2) is 48.7 Å². The first-order chi connectivity index (χ1) is 13.5. The van der Waals surface area contributed by atoms with Gasteiger partial charge in [0.1, 0.15) is 16.7 Å². The Hall–Kier alpha value is -3.33. The van der Waals surface area contributed by atoms with Gasteiger partial charge in [-0.2, -0.15) is 5.26 Å². The molecular weight excluding hydrogens is 352 g/mol. The maximum absolute atomic E-state index is 9.13. The lowest BCUT2D eigenvalue weighted by Crippen LogP contribution is -2.19. The quantitative estimate of drug-likeness (QED) is 0.651. The van der Waals surface area contributed by atoms with Crippen LogP contribution in [0.5, 0.6) is 5.75 Å². The molecule has 0 bridgehead atoms. The molecule has 0 fully saturated rings. The Kier molecular flexibility index (Phi) is 4.52. The Bertz CT molecular complexity index is 1080. The van der Waals surface area contributed by atoms with Crippen molar-refractivity contribution in [3.8, 4) is 17.5 Å². The van der Waals surface area contributed by atoms with Crippen molar-refractivity contribution in [3.05, 3.63) is 59.9 Å². The number of ether oxygens (including phenoxy) is 2. The molecule has 0 saturated carbocycles. The molecule has 6 nitrogen and oxygen atoms in total. The molecule has 0 amide bonds. The Morgan fingerprint density at radius 1 is 1.21 bits per heavy atom. The molecule has 1 aliphatic rings. The van der Waals surface area contributed by atoms with Crippen molar-refractivity contribution in [1.82, 2.24) is 15.0 Å². The van der Waals surface area contributed by atoms with E-state index in [2.05, 4.69) is 49.2 Å². The maximum Gasteiger partial charge on any atom is 0.243 e. The fourth-order valence-corrected chi connectivity index (χ4v) is 3.07. The minimum absolute atomic E-state index is 0.0131. The Balaban J connectivity index is 1.81. The summed E-state index contributed by atoms with van der Waals surface area (Å²) in [5.41, 5.74) is 3.90. The summed E-state index contributed by atoms with van der Waals surface area (Å²) in [6, 6.07) is 13.5. The summed E-state index contributed by atoms with van der Waals surface area (Å²) in [6.07, 6.45) is 4.94. The van der Waals surface area contributed by atoms with Gasteiger partial charge in [0.15, 0.2) is 5.75 Å². The van der Waals surface area contributed by atoms with Gasteiger partial charge in [-0.1, -0.05) is 26.8 Å². The monoisotopic (exact) mass is 374 g/mol. The van der Waals surface area contributed by atoms with E-state index in [0.717, 1.165) is 17.6 Å². The number of hydrogen-bond acceptors (Lipinski definition) is 5. The van der Waals surface area contributed by atoms with Crippen molar-refractivity contribution in [3.63, 3.8) is 0 Å². The number of rotatable bonds is 5. The SMILES string of the molecule is CCC(C)(C)c1ccc(OC2CC=CO2)c(-n2nc3ccc(C#N)cc3n2)c1. The summed E-state index contributed by atoms with van der Waals surface area (Å²) in [6.45, 7) is 6.59. The average molecular weight is 374 g/mol. The standard InChI is InChI=1S/C22H22N4O2/c1-4-22(2,3)16-8-10-20(28-21-6-5-11-27-21)19(13-16)26-24-17-9-7-15(14-23)12-18(17)25-26/h5,7-13,21H,4,6H2,1-3H3. The molecule has 0 spiro atoms. The van der Waals surface area contributed by atoms with Gasteiger partial charge in [0.05, 0.1) is 17.9 Å². The molecule has 6 heteroatoms. The predicted molar refractivity (Wildman–Crippen MR) is 106 cm³/mol. The summed E-state index contributed by atoms with van der Waals surface area (Å²) in [4.78, 5) is 1.58. The Labute approximate surface area is 164 Å². The highest BCUT2D eigenvalue weighted by atomic mass is 16.7. The molecule has 0 saturated heterocycles. The van der Waals surface area contributed by atoms with Crippen molar-refractivity contribution >= 4 is 11.0 Å². The molecule has 1 aromatic heterocycles. The van der Waals surface area contributed by atoms with E-state index in [4.69, 9.17) is 14.7 Å². The summed E-state index contributed by atoms with van der Waals surface area (Å²) in [5.74, 6) is 0.658. The molecule has 3 aromatic rings. The van der Waals surface area contributed by atoms with Gasteiger partial charge in [0.2, 0.25) is 6.29 Å². The van der Waals surface area contributed by atoms with Gasteiger partial charge in [-0.15, -0.1) is 15.0 Å². The van der Waals surface area contributed by atoms with Gasteiger partial charge in [-0.05, 0) is 53.8 Å². The largest absolute Gasteiger partial charge is 0.462 e. The number of hydrogen-bond donors (Lipinski definition) is 0. The molecule has 1 atom stereocenters. The van der Waals surface area contributed by atoms with Crippen molar-refractivity contribution in [1.29, 1.82) is 5.26 Å². The van der Waals surface area contributed by atoms with Crippen LogP contribution in [0, 0.1) is 11.3 Å². The summed E-state index contributed by atoms with van der Waals surface area (Å²) in [7, 11) is 0. The molecule has 1 unspecified atom stereocenters. The molecule has 2 heterocycles. The molecule has 0 aliphatic carbocycles. The van der Waals surface area contributed by atoms with E-state index in [1.54, 1.807) is 23.2 Å². The van der Waals surface area contributed by atoms with Crippen LogP contribution in [-0.2, 0) is 10.2 Å². The molecule has 28 heavy (non-hydrogen) atoms. The van der Waals surface area contributed by atoms with Crippen molar-refractivity contribution < 1.29 is 9.47 Å². The number of aromatic nitrogens is 3. The van der Waals surface area contributed by atoms with Crippen LogP contribution in [0.2, 0.25) is 0 Å². The zero-order valence-corrected chi connectivity index (χ0v) is 16.2. The molecule has 0 radical (unpaired) electrons. The van der Waals surface area contributed by atoms with Gasteiger partial charge in [0, 0.05) is 6.42 Å². The van der Waals surface area contributed by atoms with Crippen molar-refractivity contribution in [2.45, 2.75) is 45.3 Å². The number of nitriles is 1. The first-order valence-corrected chi connectivity index (χ1v) is 9.39. The fraction of sp³-hybridized carbons (Fsp3) is 0.318.